The summed E-state index contributed by atoms with van der Waals surface area (Å²) < 4.78 is 0. The molecule has 0 aromatic heterocycles. The lowest BCUT2D eigenvalue weighted by Crippen LogP contribution is -2.47. The molecule has 19 heavy (non-hydrogen) atoms. The van der Waals surface area contributed by atoms with E-state index in [9.17, 15) is 5.11 Å². The van der Waals surface area contributed by atoms with Crippen LogP contribution in [0.15, 0.2) is 29.4 Å². The van der Waals surface area contributed by atoms with Gasteiger partial charge in [-0.05, 0) is 24.5 Å². The van der Waals surface area contributed by atoms with Crippen LogP contribution < -0.4 is 11.1 Å². The number of oxime groups is 1. The fourth-order valence-corrected chi connectivity index (χ4v) is 1.97. The highest BCUT2D eigenvalue weighted by atomic mass is 16.4. The third-order valence-corrected chi connectivity index (χ3v) is 3.65. The highest BCUT2D eigenvalue weighted by Crippen LogP contribution is 2.15. The third kappa shape index (κ3) is 3.94. The summed E-state index contributed by atoms with van der Waals surface area (Å²) in [6.07, 6.45) is 1.72. The van der Waals surface area contributed by atoms with Gasteiger partial charge in [-0.1, -0.05) is 37.2 Å². The molecule has 5 nitrogen and oxygen atoms in total. The molecule has 5 heteroatoms. The summed E-state index contributed by atoms with van der Waals surface area (Å²) in [4.78, 5) is 0. The molecule has 0 fully saturated rings. The minimum Gasteiger partial charge on any atom is -0.409 e. The molecule has 0 aliphatic heterocycles. The first kappa shape index (κ1) is 15.5. The Kier molecular flexibility index (Phi) is 5.79. The third-order valence-electron chi connectivity index (χ3n) is 3.65. The molecular formula is C14H23N3O2. The molecule has 0 spiro atoms. The van der Waals surface area contributed by atoms with Crippen molar-refractivity contribution >= 4 is 5.84 Å². The Balaban J connectivity index is 2.78. The van der Waals surface area contributed by atoms with Crippen molar-refractivity contribution in [1.29, 1.82) is 0 Å². The molecule has 0 aliphatic rings. The summed E-state index contributed by atoms with van der Waals surface area (Å²) in [5.41, 5.74) is 7.04. The van der Waals surface area contributed by atoms with Crippen molar-refractivity contribution in [2.24, 2.45) is 10.9 Å². The molecule has 0 radical (unpaired) electrons. The Morgan fingerprint density at radius 2 is 2.05 bits per heavy atom. The van der Waals surface area contributed by atoms with E-state index in [0.29, 0.717) is 12.1 Å². The topological polar surface area (TPSA) is 90.9 Å². The fourth-order valence-electron chi connectivity index (χ4n) is 1.97. The number of aliphatic hydroxyl groups is 1. The number of hydrogen-bond donors (Lipinski definition) is 4. The summed E-state index contributed by atoms with van der Waals surface area (Å²) >= 11 is 0. The molecule has 0 amide bonds. The molecule has 0 atom stereocenters. The first-order valence-electron chi connectivity index (χ1n) is 6.53. The minimum absolute atomic E-state index is 0.0984. The van der Waals surface area contributed by atoms with E-state index in [1.54, 1.807) is 6.07 Å². The molecule has 0 aliphatic carbocycles. The molecule has 1 aromatic carbocycles. The number of hydrogen-bond acceptors (Lipinski definition) is 4. The van der Waals surface area contributed by atoms with Crippen LogP contribution in [0, 0.1) is 0 Å². The van der Waals surface area contributed by atoms with Gasteiger partial charge >= 0.3 is 0 Å². The molecule has 5 N–H and O–H groups in total. The minimum atomic E-state index is -0.243. The van der Waals surface area contributed by atoms with Gasteiger partial charge in [-0.2, -0.15) is 0 Å². The van der Waals surface area contributed by atoms with Crippen molar-refractivity contribution in [2.75, 3.05) is 6.61 Å². The van der Waals surface area contributed by atoms with Gasteiger partial charge < -0.3 is 21.4 Å². The number of rotatable bonds is 7. The molecule has 1 rings (SSSR count). The molecule has 0 bridgehead atoms. The van der Waals surface area contributed by atoms with Crippen LogP contribution in [0.4, 0.5) is 0 Å². The molecule has 0 saturated heterocycles. The van der Waals surface area contributed by atoms with E-state index >= 15 is 0 Å². The quantitative estimate of drug-likeness (QED) is 0.260. The Bertz CT molecular complexity index is 420. The largest absolute Gasteiger partial charge is 0.409 e. The smallest absolute Gasteiger partial charge is 0.170 e. The molecule has 0 heterocycles. The molecular weight excluding hydrogens is 242 g/mol. The summed E-state index contributed by atoms with van der Waals surface area (Å²) in [6.45, 7) is 4.85. The number of nitrogens with one attached hydrogen (secondary N) is 1. The van der Waals surface area contributed by atoms with Crippen molar-refractivity contribution in [3.05, 3.63) is 35.4 Å². The Labute approximate surface area is 114 Å². The molecule has 0 unspecified atom stereocenters. The van der Waals surface area contributed by atoms with Crippen molar-refractivity contribution < 1.29 is 10.3 Å². The zero-order valence-electron chi connectivity index (χ0n) is 11.6. The van der Waals surface area contributed by atoms with E-state index in [4.69, 9.17) is 10.9 Å². The fraction of sp³-hybridized carbons (Fsp3) is 0.500. The predicted octanol–water partition coefficient (Wildman–Crippen LogP) is 1.42. The van der Waals surface area contributed by atoms with Crippen molar-refractivity contribution in [3.63, 3.8) is 0 Å². The average molecular weight is 265 g/mol. The van der Waals surface area contributed by atoms with Gasteiger partial charge in [-0.25, -0.2) is 0 Å². The highest BCUT2D eigenvalue weighted by molar-refractivity contribution is 5.97. The second-order valence-electron chi connectivity index (χ2n) is 4.68. The summed E-state index contributed by atoms with van der Waals surface area (Å²) in [7, 11) is 0. The van der Waals surface area contributed by atoms with E-state index < -0.39 is 0 Å². The van der Waals surface area contributed by atoms with E-state index in [2.05, 4.69) is 24.3 Å². The molecule has 106 valence electrons. The Hall–Kier alpha value is -1.59. The zero-order valence-corrected chi connectivity index (χ0v) is 11.6. The lowest BCUT2D eigenvalue weighted by molar-refractivity contribution is 0.149. The van der Waals surface area contributed by atoms with Crippen LogP contribution in [0.5, 0.6) is 0 Å². The van der Waals surface area contributed by atoms with Crippen LogP contribution >= 0.6 is 0 Å². The maximum atomic E-state index is 9.50. The van der Waals surface area contributed by atoms with Crippen LogP contribution in [0.1, 0.15) is 37.8 Å². The van der Waals surface area contributed by atoms with Crippen molar-refractivity contribution in [2.45, 2.75) is 38.8 Å². The standard InChI is InChI=1S/C14H23N3O2/c1-3-14(4-2,10-18)16-9-11-6-5-7-12(8-11)13(15)17-19/h5-8,16,18-19H,3-4,9-10H2,1-2H3,(H2,15,17). The van der Waals surface area contributed by atoms with E-state index in [1.165, 1.54) is 0 Å². The van der Waals surface area contributed by atoms with Gasteiger partial charge in [0.25, 0.3) is 0 Å². The zero-order chi connectivity index (χ0) is 14.3. The number of nitrogens with zero attached hydrogens (tertiary/aromatic N) is 1. The monoisotopic (exact) mass is 265 g/mol. The summed E-state index contributed by atoms with van der Waals surface area (Å²) in [6, 6.07) is 7.49. The lowest BCUT2D eigenvalue weighted by atomic mass is 9.93. The van der Waals surface area contributed by atoms with Gasteiger partial charge in [0, 0.05) is 17.6 Å². The van der Waals surface area contributed by atoms with E-state index in [0.717, 1.165) is 18.4 Å². The van der Waals surface area contributed by atoms with Crippen molar-refractivity contribution in [1.82, 2.24) is 5.32 Å². The second-order valence-corrected chi connectivity index (χ2v) is 4.68. The van der Waals surface area contributed by atoms with Gasteiger partial charge in [0.2, 0.25) is 0 Å². The van der Waals surface area contributed by atoms with Crippen LogP contribution in [-0.4, -0.2) is 28.3 Å². The second kappa shape index (κ2) is 7.11. The number of benzene rings is 1. The predicted molar refractivity (Wildman–Crippen MR) is 76.2 cm³/mol. The van der Waals surface area contributed by atoms with Gasteiger partial charge in [0.05, 0.1) is 6.61 Å². The van der Waals surface area contributed by atoms with Crippen LogP contribution in [0.2, 0.25) is 0 Å². The lowest BCUT2D eigenvalue weighted by Gasteiger charge is -2.31. The maximum Gasteiger partial charge on any atom is 0.170 e. The van der Waals surface area contributed by atoms with Gasteiger partial charge in [0.15, 0.2) is 5.84 Å². The van der Waals surface area contributed by atoms with Crippen LogP contribution in [-0.2, 0) is 6.54 Å². The SMILES string of the molecule is CCC(CC)(CO)NCc1cccc(C(N)=NO)c1. The van der Waals surface area contributed by atoms with E-state index in [-0.39, 0.29) is 18.0 Å². The Morgan fingerprint density at radius 3 is 2.58 bits per heavy atom. The number of nitrogens with two attached hydrogens (primary N) is 1. The first-order chi connectivity index (χ1) is 9.10. The van der Waals surface area contributed by atoms with Gasteiger partial charge in [-0.3, -0.25) is 0 Å². The molecule has 0 saturated carbocycles. The summed E-state index contributed by atoms with van der Waals surface area (Å²) in [5, 5.41) is 24.5. The average Bonchev–Trinajstić information content (AvgIpc) is 2.48. The Morgan fingerprint density at radius 1 is 1.37 bits per heavy atom. The molecule has 1 aromatic rings. The highest BCUT2D eigenvalue weighted by Gasteiger charge is 2.23. The van der Waals surface area contributed by atoms with E-state index in [1.807, 2.05) is 18.2 Å². The van der Waals surface area contributed by atoms with Gasteiger partial charge in [-0.15, -0.1) is 0 Å². The van der Waals surface area contributed by atoms with Crippen molar-refractivity contribution in [3.8, 4) is 0 Å². The van der Waals surface area contributed by atoms with Crippen LogP contribution in [0.3, 0.4) is 0 Å². The summed E-state index contributed by atoms with van der Waals surface area (Å²) in [5.74, 6) is 0.0984. The maximum absolute atomic E-state index is 9.50. The number of amidine groups is 1. The number of aliphatic hydroxyl groups excluding tert-OH is 1. The first-order valence-corrected chi connectivity index (χ1v) is 6.53. The van der Waals surface area contributed by atoms with Crippen LogP contribution in [0.25, 0.3) is 0 Å². The van der Waals surface area contributed by atoms with Gasteiger partial charge in [0.1, 0.15) is 0 Å². The normalized spacial score (nSPS) is 12.7.